The Morgan fingerprint density at radius 2 is 1.20 bits per heavy atom. The molecule has 0 aliphatic heterocycles. The van der Waals surface area contributed by atoms with Gasteiger partial charge in [-0.05, 0) is 132 Å². The summed E-state index contributed by atoms with van der Waals surface area (Å²) in [5.41, 5.74) is 12.1. The predicted molar refractivity (Wildman–Crippen MR) is 213 cm³/mol. The number of likely N-dealkylation sites (N-methyl/N-ethyl adjacent to an activating group) is 1. The Balaban J connectivity index is 0.00000107. The number of ether oxygens (including phenoxy) is 1. The molecule has 272 valence electrons. The van der Waals surface area contributed by atoms with Gasteiger partial charge in [0.1, 0.15) is 12.4 Å². The molecule has 0 saturated heterocycles. The van der Waals surface area contributed by atoms with Crippen molar-refractivity contribution in [3.05, 3.63) is 135 Å². The molecule has 0 radical (unpaired) electrons. The molecule has 51 heavy (non-hydrogen) atoms. The van der Waals surface area contributed by atoms with Crippen molar-refractivity contribution in [2.45, 2.75) is 99.5 Å². The van der Waals surface area contributed by atoms with Gasteiger partial charge in [-0.15, -0.1) is 0 Å². The number of aliphatic hydroxyl groups excluding tert-OH is 1. The number of unbranched alkanes of at least 4 members (excludes halogenated alkanes) is 2. The third-order valence-corrected chi connectivity index (χ3v) is 9.25. The van der Waals surface area contributed by atoms with Crippen molar-refractivity contribution in [3.63, 3.8) is 0 Å². The average molecular weight is 690 g/mol. The first-order valence-corrected chi connectivity index (χ1v) is 18.4. The Kier molecular flexibility index (Phi) is 17.0. The second kappa shape index (κ2) is 21.1. The topological polar surface area (TPSA) is 75.6 Å². The molecule has 4 aromatic carbocycles. The number of carbonyl (C=O) groups excluding carboxylic acids is 2. The van der Waals surface area contributed by atoms with Crippen LogP contribution in [0.5, 0.6) is 5.75 Å². The molecule has 0 aromatic heterocycles. The lowest BCUT2D eigenvalue weighted by molar-refractivity contribution is 0.0835. The number of rotatable bonds is 17. The van der Waals surface area contributed by atoms with Crippen molar-refractivity contribution in [2.75, 3.05) is 20.2 Å². The van der Waals surface area contributed by atoms with Gasteiger partial charge in [-0.25, -0.2) is 0 Å². The van der Waals surface area contributed by atoms with Crippen LogP contribution in [0.1, 0.15) is 105 Å². The molecule has 1 atom stereocenters. The molecule has 5 heteroatoms. The van der Waals surface area contributed by atoms with Gasteiger partial charge in [-0.3, -0.25) is 9.59 Å². The van der Waals surface area contributed by atoms with Crippen LogP contribution in [0.15, 0.2) is 84.9 Å². The van der Waals surface area contributed by atoms with E-state index in [-0.39, 0.29) is 24.6 Å². The van der Waals surface area contributed by atoms with Crippen molar-refractivity contribution in [1.29, 1.82) is 0 Å². The van der Waals surface area contributed by atoms with Gasteiger partial charge in [0.15, 0.2) is 11.6 Å². The Hall–Kier alpha value is -4.32. The number of ketones is 2. The molecular weight excluding hydrogens is 631 g/mol. The van der Waals surface area contributed by atoms with Gasteiger partial charge in [-0.1, -0.05) is 90.4 Å². The summed E-state index contributed by atoms with van der Waals surface area (Å²) in [6.45, 7) is 15.6. The summed E-state index contributed by atoms with van der Waals surface area (Å²) in [7, 11) is 1.93. The lowest BCUT2D eigenvalue weighted by atomic mass is 9.91. The summed E-state index contributed by atoms with van der Waals surface area (Å²) >= 11 is 0. The van der Waals surface area contributed by atoms with Gasteiger partial charge in [0.25, 0.3) is 0 Å². The normalized spacial score (nSPS) is 11.6. The summed E-state index contributed by atoms with van der Waals surface area (Å²) in [5, 5.41) is 13.5. The molecule has 4 aromatic rings. The van der Waals surface area contributed by atoms with Gasteiger partial charge in [0.2, 0.25) is 0 Å². The van der Waals surface area contributed by atoms with E-state index in [1.807, 2.05) is 96.3 Å². The van der Waals surface area contributed by atoms with Gasteiger partial charge >= 0.3 is 0 Å². The van der Waals surface area contributed by atoms with Crippen LogP contribution in [-0.2, 0) is 6.42 Å². The van der Waals surface area contributed by atoms with Gasteiger partial charge < -0.3 is 15.2 Å². The van der Waals surface area contributed by atoms with Crippen LogP contribution in [0.2, 0.25) is 0 Å². The van der Waals surface area contributed by atoms with E-state index in [4.69, 9.17) is 4.74 Å². The number of allylic oxidation sites excluding steroid dienone is 1. The highest BCUT2D eigenvalue weighted by Crippen LogP contribution is 2.33. The number of hydrogen-bond acceptors (Lipinski definition) is 5. The molecule has 0 bridgehead atoms. The van der Waals surface area contributed by atoms with Crippen LogP contribution in [-0.4, -0.2) is 43.0 Å². The number of Topliss-reactive ketones (excluding diaryl/α,β-unsaturated/α-hetero) is 2. The zero-order chi connectivity index (χ0) is 37.3. The van der Waals surface area contributed by atoms with Crippen LogP contribution in [0.25, 0.3) is 11.1 Å². The van der Waals surface area contributed by atoms with E-state index in [0.717, 1.165) is 65.8 Å². The fourth-order valence-corrected chi connectivity index (χ4v) is 6.23. The molecule has 0 heterocycles. The second-order valence-electron chi connectivity index (χ2n) is 13.8. The summed E-state index contributed by atoms with van der Waals surface area (Å²) in [5.74, 6) is 1.05. The molecule has 5 nitrogen and oxygen atoms in total. The first-order chi connectivity index (χ1) is 24.4. The smallest absolute Gasteiger partial charge is 0.162 e. The third kappa shape index (κ3) is 13.4. The highest BCUT2D eigenvalue weighted by atomic mass is 16.5. The molecule has 2 N–H and O–H groups in total. The van der Waals surface area contributed by atoms with Crippen LogP contribution in [0.4, 0.5) is 0 Å². The summed E-state index contributed by atoms with van der Waals surface area (Å²) < 4.78 is 6.07. The van der Waals surface area contributed by atoms with Crippen molar-refractivity contribution in [1.82, 2.24) is 5.32 Å². The monoisotopic (exact) mass is 689 g/mol. The molecule has 4 rings (SSSR count). The van der Waals surface area contributed by atoms with Crippen LogP contribution in [0.3, 0.4) is 0 Å². The minimum Gasteiger partial charge on any atom is -0.490 e. The van der Waals surface area contributed by atoms with Gasteiger partial charge in [0.05, 0.1) is 6.10 Å². The molecule has 0 aliphatic carbocycles. The number of aryl methyl sites for hydroxylation is 6. The maximum Gasteiger partial charge on any atom is 0.162 e. The number of benzene rings is 4. The SMILES string of the molecule is C/C=C\CNC.Cc1ccc(C(=O)CCCCCc2c(C)cc(-c3cc(C)c(OCC(O)CCC(=O)c4ccc(C)cc4)c(C)c3)cc2C)cc1. The Labute approximate surface area is 307 Å². The Morgan fingerprint density at radius 3 is 1.67 bits per heavy atom. The first-order valence-electron chi connectivity index (χ1n) is 18.4. The first kappa shape index (κ1) is 41.1. The van der Waals surface area contributed by atoms with E-state index in [2.05, 4.69) is 49.5 Å². The standard InChI is InChI=1S/C41H48O4.C5H11N/c1-27-12-16-33(17-13-27)39(43)11-9-7-8-10-38-29(3)22-35(23-30(38)4)36-24-31(5)41(32(6)25-36)45-26-37(42)20-21-40(44)34-18-14-28(2)15-19-34;1-3-4-5-6-2/h12-19,22-25,37,42H,7-11,20-21,26H2,1-6H3;3-4,6H,5H2,1-2H3/b;4-3-. The molecule has 0 saturated carbocycles. The number of hydrogen-bond donors (Lipinski definition) is 2. The maximum atomic E-state index is 12.5. The van der Waals surface area contributed by atoms with E-state index >= 15 is 0 Å². The zero-order valence-electron chi connectivity index (χ0n) is 32.2. The lowest BCUT2D eigenvalue weighted by Gasteiger charge is -2.18. The fraction of sp³-hybridized carbons (Fsp3) is 0.391. The number of carbonyl (C=O) groups is 2. The largest absolute Gasteiger partial charge is 0.490 e. The summed E-state index contributed by atoms with van der Waals surface area (Å²) in [4.78, 5) is 25.0. The van der Waals surface area contributed by atoms with E-state index in [0.29, 0.717) is 18.4 Å². The van der Waals surface area contributed by atoms with Gasteiger partial charge in [0, 0.05) is 30.5 Å². The number of nitrogens with one attached hydrogen (secondary N) is 1. The Bertz CT molecular complexity index is 1690. The highest BCUT2D eigenvalue weighted by Gasteiger charge is 2.15. The van der Waals surface area contributed by atoms with Crippen LogP contribution in [0, 0.1) is 41.5 Å². The molecule has 0 aliphatic rings. The molecule has 0 amide bonds. The molecule has 0 spiro atoms. The van der Waals surface area contributed by atoms with E-state index in [9.17, 15) is 14.7 Å². The van der Waals surface area contributed by atoms with E-state index in [1.54, 1.807) is 0 Å². The number of aliphatic hydroxyl groups is 1. The van der Waals surface area contributed by atoms with Crippen molar-refractivity contribution >= 4 is 11.6 Å². The van der Waals surface area contributed by atoms with Crippen molar-refractivity contribution in [2.24, 2.45) is 0 Å². The highest BCUT2D eigenvalue weighted by molar-refractivity contribution is 5.96. The van der Waals surface area contributed by atoms with Crippen LogP contribution < -0.4 is 10.1 Å². The second-order valence-corrected chi connectivity index (χ2v) is 13.8. The van der Waals surface area contributed by atoms with Crippen LogP contribution >= 0.6 is 0 Å². The Morgan fingerprint density at radius 1 is 0.706 bits per heavy atom. The fourth-order valence-electron chi connectivity index (χ4n) is 6.23. The molecular formula is C46H59NO4. The molecule has 0 fully saturated rings. The predicted octanol–water partition coefficient (Wildman–Crippen LogP) is 10.4. The quantitative estimate of drug-likeness (QED) is 0.0656. The minimum absolute atomic E-state index is 0.0349. The zero-order valence-corrected chi connectivity index (χ0v) is 32.2. The van der Waals surface area contributed by atoms with E-state index in [1.165, 1.54) is 27.8 Å². The van der Waals surface area contributed by atoms with Crippen molar-refractivity contribution < 1.29 is 19.4 Å². The van der Waals surface area contributed by atoms with E-state index < -0.39 is 6.10 Å². The van der Waals surface area contributed by atoms with Gasteiger partial charge in [-0.2, -0.15) is 0 Å². The molecule has 1 unspecified atom stereocenters. The summed E-state index contributed by atoms with van der Waals surface area (Å²) in [6, 6.07) is 24.2. The maximum absolute atomic E-state index is 12.5. The van der Waals surface area contributed by atoms with Crippen molar-refractivity contribution in [3.8, 4) is 16.9 Å². The summed E-state index contributed by atoms with van der Waals surface area (Å²) in [6.07, 6.45) is 8.66. The average Bonchev–Trinajstić information content (AvgIpc) is 3.10. The minimum atomic E-state index is -0.718. The lowest BCUT2D eigenvalue weighted by Crippen LogP contribution is -2.19. The third-order valence-electron chi connectivity index (χ3n) is 9.25.